The Morgan fingerprint density at radius 1 is 0.447 bits per heavy atom. The molecule has 6 aromatic carbocycles. The van der Waals surface area contributed by atoms with Crippen molar-refractivity contribution in [2.75, 3.05) is 32.4 Å². The van der Waals surface area contributed by atoms with Crippen LogP contribution in [0.25, 0.3) is 33.4 Å². The number of carbonyl (C=O) groups is 1. The summed E-state index contributed by atoms with van der Waals surface area (Å²) >= 11 is 17.4. The fourth-order valence-corrected chi connectivity index (χ4v) is 19.1. The first-order valence-corrected chi connectivity index (χ1v) is 35.2. The second kappa shape index (κ2) is 32.6. The summed E-state index contributed by atoms with van der Waals surface area (Å²) in [6.07, 6.45) is 29.5. The Morgan fingerprint density at radius 2 is 0.765 bits per heavy atom. The normalized spacial score (nSPS) is 29.9. The van der Waals surface area contributed by atoms with Crippen LogP contribution in [0.1, 0.15) is 146 Å². The van der Waals surface area contributed by atoms with Gasteiger partial charge in [0.2, 0.25) is 0 Å². The zero-order valence-electron chi connectivity index (χ0n) is 51.8. The zero-order valence-corrected chi connectivity index (χ0v) is 55.6. The number of hydrogen-bond acceptors (Lipinski definition) is 3. The molecule has 12 saturated carbocycles. The number of aliphatic hydroxyl groups is 1. The van der Waals surface area contributed by atoms with E-state index in [1.165, 1.54) is 174 Å². The van der Waals surface area contributed by atoms with Crippen LogP contribution >= 0.6 is 50.7 Å². The van der Waals surface area contributed by atoms with Crippen LogP contribution in [0, 0.1) is 77.9 Å². The summed E-state index contributed by atoms with van der Waals surface area (Å²) in [5.41, 5.74) is 12.3. The van der Waals surface area contributed by atoms with E-state index < -0.39 is 5.60 Å². The van der Waals surface area contributed by atoms with Crippen molar-refractivity contribution in [3.05, 3.63) is 186 Å². The molecule has 85 heavy (non-hydrogen) atoms. The van der Waals surface area contributed by atoms with E-state index in [0.717, 1.165) is 71.5 Å². The zero-order chi connectivity index (χ0) is 59.2. The monoisotopic (exact) mass is 1260 g/mol. The summed E-state index contributed by atoms with van der Waals surface area (Å²) in [6.45, 7) is 7.72. The predicted octanol–water partition coefficient (Wildman–Crippen LogP) is 18.5. The molecule has 8 heteroatoms. The van der Waals surface area contributed by atoms with Crippen LogP contribution < -0.4 is 18.9 Å². The van der Waals surface area contributed by atoms with Crippen molar-refractivity contribution in [2.45, 2.75) is 140 Å². The summed E-state index contributed by atoms with van der Waals surface area (Å²) < 4.78 is 6.08. The molecule has 6 aromatic rings. The van der Waals surface area contributed by atoms with E-state index in [2.05, 4.69) is 204 Å². The van der Waals surface area contributed by atoms with Crippen LogP contribution in [0.2, 0.25) is 0 Å². The number of halogens is 4. The molecule has 14 aliphatic rings. The average molecular weight is 1260 g/mol. The topological polar surface area (TPSA) is 46.5 Å². The fraction of sp³-hybridized carbons (Fsp3) is 0.506. The van der Waals surface area contributed by atoms with Gasteiger partial charge in [-0.2, -0.15) is 6.42 Å². The predicted molar refractivity (Wildman–Crippen MR) is 360 cm³/mol. The maximum absolute atomic E-state index is 11.9. The van der Waals surface area contributed by atoms with Gasteiger partial charge in [0, 0.05) is 54.1 Å². The molecule has 13 fully saturated rings. The van der Waals surface area contributed by atoms with E-state index in [-0.39, 0.29) is 18.9 Å². The van der Waals surface area contributed by atoms with Gasteiger partial charge in [0.1, 0.15) is 5.78 Å². The van der Waals surface area contributed by atoms with Gasteiger partial charge in [-0.25, -0.2) is 0 Å². The molecule has 0 radical (unpaired) electrons. The third kappa shape index (κ3) is 14.7. The number of ketones is 1. The van der Waals surface area contributed by atoms with Gasteiger partial charge in [0.15, 0.2) is 0 Å². The van der Waals surface area contributed by atoms with E-state index >= 15 is 0 Å². The largest absolute Gasteiger partial charge is 1.00 e. The molecule has 1 heterocycles. The minimum atomic E-state index is -0.611. The van der Waals surface area contributed by atoms with Crippen molar-refractivity contribution in [1.82, 2.24) is 0 Å². The van der Waals surface area contributed by atoms with Crippen molar-refractivity contribution >= 4 is 56.5 Å². The molecule has 13 aliphatic carbocycles. The maximum Gasteiger partial charge on any atom is 1.00 e. The van der Waals surface area contributed by atoms with E-state index in [4.69, 9.17) is 4.74 Å². The van der Waals surface area contributed by atoms with Crippen LogP contribution in [0.4, 0.5) is 0 Å². The molecule has 0 amide bonds. The minimum Gasteiger partial charge on any atom is -0.385 e. The molecule has 0 unspecified atom stereocenters. The molecule has 0 atom stereocenters. The number of ether oxygens (including phenoxy) is 1. The Morgan fingerprint density at radius 3 is 1.14 bits per heavy atom. The smallest absolute Gasteiger partial charge is 0.385 e. The molecule has 12 bridgehead atoms. The molecule has 1 spiro atoms. The molecule has 1 N–H and O–H groups in total. The molecule has 0 aromatic heterocycles. The maximum atomic E-state index is 11.9. The third-order valence-corrected chi connectivity index (χ3v) is 22.1. The Kier molecular flexibility index (Phi) is 26.0. The molecule has 450 valence electrons. The van der Waals surface area contributed by atoms with Crippen molar-refractivity contribution in [3.8, 4) is 33.4 Å². The van der Waals surface area contributed by atoms with Gasteiger partial charge in [0.05, 0.1) is 5.60 Å². The SMILES string of the molecule is Brc1ccccc1-c1ccccc1.C1CCOC1.CCl.CCl.CCl.O=C1C2CC3CC(C2)CC1C3.OC1(c2ccccc2-c2ccccc2)C2CC3CC(C2)CC1C3.[CH2-]CCC.[Li+].c1ccc2c(c1)-c1ccccc1C21C2CC3CC(C2)CC1C3. The Hall–Kier alpha value is -3.14. The molecule has 3 nitrogen and oxygen atoms in total. The van der Waals surface area contributed by atoms with Crippen LogP contribution in [0.15, 0.2) is 162 Å². The standard InChI is InChI=1S/C22H24O.C22H22.C12H9Br.C10H14O.C4H8O.C4H9.3CH3Cl.Li/c23-22(18-11-15-10-16(13-18)14-19(22)12-15)21-9-5-4-8-20(21)17-6-2-1-3-7-17;1-3-7-20-18(5-1)19-6-2-4-8-21(19)22(20)16-10-14-9-15(12-16)13-17(22)11-14;13-12-9-5-4-8-11(12)10-6-2-1-3-7-10;11-10-8-2-6-1-7(4-8)5-9(10)3-6;1-2-4-5-3-1;1-3-4-2;3*1-2;/h1-9,15-16,18-19,23H,10-14H2;1-8,14-17H,9-13H2;1-9H;6-9H,1-5H2;1-4H2;1,3-4H2,2H3;3*1H3;/q;;;;;-1;;;;+1. The van der Waals surface area contributed by atoms with Gasteiger partial charge in [-0.1, -0.05) is 181 Å². The number of hydrogen-bond donors (Lipinski definition) is 1. The number of unbranched alkanes of at least 4 members (excludes halogenated alkanes) is 1. The third-order valence-electron chi connectivity index (χ3n) is 21.4. The summed E-state index contributed by atoms with van der Waals surface area (Å²) in [6, 6.07) is 56.4. The second-order valence-corrected chi connectivity index (χ2v) is 26.9. The van der Waals surface area contributed by atoms with E-state index in [1.54, 1.807) is 11.1 Å². The van der Waals surface area contributed by atoms with Gasteiger partial charge < -0.3 is 16.8 Å². The van der Waals surface area contributed by atoms with Crippen LogP contribution in [-0.4, -0.2) is 43.3 Å². The molecule has 1 saturated heterocycles. The number of rotatable bonds is 4. The van der Waals surface area contributed by atoms with Gasteiger partial charge in [0.25, 0.3) is 0 Å². The first kappa shape index (κ1) is 67.8. The van der Waals surface area contributed by atoms with E-state index in [1.807, 2.05) is 18.2 Å². The Balaban J connectivity index is 0.000000140. The molecule has 1 aliphatic heterocycles. The number of benzene rings is 6. The van der Waals surface area contributed by atoms with E-state index in [9.17, 15) is 9.90 Å². The van der Waals surface area contributed by atoms with Gasteiger partial charge >= 0.3 is 18.9 Å². The summed E-state index contributed by atoms with van der Waals surface area (Å²) in [5.74, 6) is 10.1. The first-order valence-electron chi connectivity index (χ1n) is 32.1. The quantitative estimate of drug-likeness (QED) is 0.109. The Labute approximate surface area is 548 Å². The number of carbonyl (C=O) groups excluding carboxylic acids is 1. The number of alkyl halides is 3. The van der Waals surface area contributed by atoms with Gasteiger partial charge in [-0.05, 0) is 224 Å². The van der Waals surface area contributed by atoms with Crippen LogP contribution in [0.3, 0.4) is 0 Å². The summed E-state index contributed by atoms with van der Waals surface area (Å²) in [7, 11) is 0. The molecular weight excluding hydrogens is 1170 g/mol. The van der Waals surface area contributed by atoms with E-state index in [0.29, 0.717) is 34.9 Å². The number of Topliss-reactive ketones (excluding diaryl/α,β-unsaturated/α-hetero) is 1. The van der Waals surface area contributed by atoms with Gasteiger partial charge in [-0.15, -0.1) is 34.8 Å². The van der Waals surface area contributed by atoms with Crippen molar-refractivity contribution in [2.24, 2.45) is 71.0 Å². The van der Waals surface area contributed by atoms with Crippen molar-refractivity contribution < 1.29 is 33.5 Å². The first-order chi connectivity index (χ1) is 41.2. The summed E-state index contributed by atoms with van der Waals surface area (Å²) in [5, 5.41) is 11.9. The molecule has 20 rings (SSSR count). The average Bonchev–Trinajstić information content (AvgIpc) is 1.63. The van der Waals surface area contributed by atoms with Gasteiger partial charge in [-0.3, -0.25) is 4.79 Å². The second-order valence-electron chi connectivity index (χ2n) is 26.0. The van der Waals surface area contributed by atoms with Crippen LogP contribution in [-0.2, 0) is 20.5 Å². The fourth-order valence-electron chi connectivity index (χ4n) is 18.6. The van der Waals surface area contributed by atoms with Crippen molar-refractivity contribution in [1.29, 1.82) is 0 Å². The minimum absolute atomic E-state index is 0. The van der Waals surface area contributed by atoms with Crippen LogP contribution in [0.5, 0.6) is 0 Å². The summed E-state index contributed by atoms with van der Waals surface area (Å²) in [4.78, 5) is 11.6. The van der Waals surface area contributed by atoms with Crippen molar-refractivity contribution in [3.63, 3.8) is 0 Å². The molecular formula is C77H95BrCl3LiO3. The number of fused-ring (bicyclic) bond motifs is 3. The Bertz CT molecular complexity index is 2840.